The predicted octanol–water partition coefficient (Wildman–Crippen LogP) is 3.42. The summed E-state index contributed by atoms with van der Waals surface area (Å²) in [5, 5.41) is 11.7. The van der Waals surface area contributed by atoms with Crippen molar-refractivity contribution in [2.24, 2.45) is 5.92 Å². The van der Waals surface area contributed by atoms with Gasteiger partial charge in [-0.1, -0.05) is 30.3 Å². The SMILES string of the molecule is Nc1nc(N2CCCCC2)nc(N2CCC(Cc3ccccc3)CC2)c1[N+](=O)[O-]. The van der Waals surface area contributed by atoms with Crippen LogP contribution in [-0.4, -0.2) is 41.1 Å². The van der Waals surface area contributed by atoms with Crippen molar-refractivity contribution >= 4 is 23.3 Å². The van der Waals surface area contributed by atoms with Gasteiger partial charge >= 0.3 is 5.69 Å². The normalized spacial score (nSPS) is 18.1. The number of benzene rings is 1. The number of nitro groups is 1. The number of aromatic nitrogens is 2. The molecule has 2 N–H and O–H groups in total. The first-order valence-corrected chi connectivity index (χ1v) is 10.5. The van der Waals surface area contributed by atoms with Crippen LogP contribution >= 0.6 is 0 Å². The van der Waals surface area contributed by atoms with Crippen LogP contribution in [0.1, 0.15) is 37.7 Å². The minimum absolute atomic E-state index is 0.0352. The van der Waals surface area contributed by atoms with E-state index in [1.807, 2.05) is 11.0 Å². The second-order valence-electron chi connectivity index (χ2n) is 8.01. The summed E-state index contributed by atoms with van der Waals surface area (Å²) in [6, 6.07) is 10.5. The Kier molecular flexibility index (Phi) is 5.78. The summed E-state index contributed by atoms with van der Waals surface area (Å²) >= 11 is 0. The average molecular weight is 396 g/mol. The van der Waals surface area contributed by atoms with Crippen molar-refractivity contribution in [2.45, 2.75) is 38.5 Å². The summed E-state index contributed by atoms with van der Waals surface area (Å²) in [5.74, 6) is 1.44. The van der Waals surface area contributed by atoms with Crippen molar-refractivity contribution < 1.29 is 4.92 Å². The molecule has 3 heterocycles. The van der Waals surface area contributed by atoms with Crippen LogP contribution in [0.4, 0.5) is 23.3 Å². The molecule has 2 aliphatic rings. The van der Waals surface area contributed by atoms with Crippen molar-refractivity contribution in [1.82, 2.24) is 9.97 Å². The van der Waals surface area contributed by atoms with E-state index in [9.17, 15) is 10.1 Å². The number of nitrogens with two attached hydrogens (primary N) is 1. The highest BCUT2D eigenvalue weighted by molar-refractivity contribution is 5.71. The lowest BCUT2D eigenvalue weighted by atomic mass is 9.90. The maximum atomic E-state index is 11.7. The lowest BCUT2D eigenvalue weighted by Gasteiger charge is -2.33. The summed E-state index contributed by atoms with van der Waals surface area (Å²) in [4.78, 5) is 24.3. The fourth-order valence-corrected chi connectivity index (χ4v) is 4.38. The molecule has 0 unspecified atom stereocenters. The lowest BCUT2D eigenvalue weighted by molar-refractivity contribution is -0.383. The van der Waals surface area contributed by atoms with Crippen LogP contribution < -0.4 is 15.5 Å². The molecule has 4 rings (SSSR count). The summed E-state index contributed by atoms with van der Waals surface area (Å²) in [6.07, 6.45) is 6.37. The average Bonchev–Trinajstić information content (AvgIpc) is 2.75. The molecule has 2 fully saturated rings. The zero-order chi connectivity index (χ0) is 20.2. The van der Waals surface area contributed by atoms with Gasteiger partial charge in [-0.05, 0) is 50.0 Å². The topological polar surface area (TPSA) is 101 Å². The van der Waals surface area contributed by atoms with E-state index in [1.54, 1.807) is 0 Å². The van der Waals surface area contributed by atoms with Crippen molar-refractivity contribution in [1.29, 1.82) is 0 Å². The molecule has 0 saturated carbocycles. The van der Waals surface area contributed by atoms with Gasteiger partial charge in [-0.3, -0.25) is 10.1 Å². The zero-order valence-corrected chi connectivity index (χ0v) is 16.7. The van der Waals surface area contributed by atoms with E-state index in [-0.39, 0.29) is 11.5 Å². The van der Waals surface area contributed by atoms with E-state index in [0.717, 1.165) is 58.3 Å². The first-order chi connectivity index (χ1) is 14.1. The van der Waals surface area contributed by atoms with Crippen LogP contribution in [0.2, 0.25) is 0 Å². The lowest BCUT2D eigenvalue weighted by Crippen LogP contribution is -2.37. The third-order valence-corrected chi connectivity index (χ3v) is 5.98. The van der Waals surface area contributed by atoms with Crippen LogP contribution in [0.3, 0.4) is 0 Å². The molecule has 154 valence electrons. The Labute approximate surface area is 170 Å². The molecule has 8 nitrogen and oxygen atoms in total. The van der Waals surface area contributed by atoms with Gasteiger partial charge in [-0.2, -0.15) is 9.97 Å². The molecule has 0 aliphatic carbocycles. The van der Waals surface area contributed by atoms with Crippen LogP contribution in [0, 0.1) is 16.0 Å². The standard InChI is InChI=1S/C21H28N6O2/c22-19-18(27(28)29)20(24-21(23-19)26-11-5-2-6-12-26)25-13-9-17(10-14-25)15-16-7-3-1-4-8-16/h1,3-4,7-8,17H,2,5-6,9-15H2,(H2,22,23,24). The van der Waals surface area contributed by atoms with E-state index < -0.39 is 4.92 Å². The van der Waals surface area contributed by atoms with Gasteiger partial charge in [0.2, 0.25) is 17.6 Å². The molecule has 2 aliphatic heterocycles. The molecule has 2 saturated heterocycles. The molecule has 1 aromatic carbocycles. The highest BCUT2D eigenvalue weighted by Crippen LogP contribution is 2.36. The summed E-state index contributed by atoms with van der Waals surface area (Å²) < 4.78 is 0. The molecular weight excluding hydrogens is 368 g/mol. The van der Waals surface area contributed by atoms with Crippen molar-refractivity contribution in [3.63, 3.8) is 0 Å². The monoisotopic (exact) mass is 396 g/mol. The second-order valence-corrected chi connectivity index (χ2v) is 8.01. The smallest absolute Gasteiger partial charge is 0.353 e. The molecule has 0 atom stereocenters. The number of hydrogen-bond donors (Lipinski definition) is 1. The van der Waals surface area contributed by atoms with Crippen LogP contribution in [0.15, 0.2) is 30.3 Å². The Morgan fingerprint density at radius 2 is 1.69 bits per heavy atom. The van der Waals surface area contributed by atoms with Crippen molar-refractivity contribution in [2.75, 3.05) is 41.7 Å². The number of rotatable bonds is 5. The molecule has 0 bridgehead atoms. The van der Waals surface area contributed by atoms with Crippen LogP contribution in [0.5, 0.6) is 0 Å². The van der Waals surface area contributed by atoms with Gasteiger partial charge in [0.15, 0.2) is 0 Å². The Hall–Kier alpha value is -2.90. The van der Waals surface area contributed by atoms with Gasteiger partial charge in [0, 0.05) is 26.2 Å². The maximum absolute atomic E-state index is 11.7. The fraction of sp³-hybridized carbons (Fsp3) is 0.524. The van der Waals surface area contributed by atoms with E-state index in [4.69, 9.17) is 5.73 Å². The van der Waals surface area contributed by atoms with Crippen LogP contribution in [-0.2, 0) is 6.42 Å². The number of anilines is 3. The molecular formula is C21H28N6O2. The molecule has 0 amide bonds. The summed E-state index contributed by atoms with van der Waals surface area (Å²) in [6.45, 7) is 3.23. The summed E-state index contributed by atoms with van der Waals surface area (Å²) in [7, 11) is 0. The highest BCUT2D eigenvalue weighted by Gasteiger charge is 2.31. The number of hydrogen-bond acceptors (Lipinski definition) is 7. The third-order valence-electron chi connectivity index (χ3n) is 5.98. The maximum Gasteiger partial charge on any atom is 0.353 e. The Bertz CT molecular complexity index is 846. The molecule has 0 radical (unpaired) electrons. The first kappa shape index (κ1) is 19.4. The second kappa shape index (κ2) is 8.63. The van der Waals surface area contributed by atoms with Gasteiger partial charge in [0.1, 0.15) is 0 Å². The minimum Gasteiger partial charge on any atom is -0.378 e. The van der Waals surface area contributed by atoms with Gasteiger partial charge in [-0.25, -0.2) is 0 Å². The number of piperidine rings is 2. The van der Waals surface area contributed by atoms with Gasteiger partial charge in [0.05, 0.1) is 4.92 Å². The molecule has 2 aromatic rings. The predicted molar refractivity (Wildman–Crippen MR) is 114 cm³/mol. The van der Waals surface area contributed by atoms with Crippen molar-refractivity contribution in [3.8, 4) is 0 Å². The number of nitrogen functional groups attached to an aromatic ring is 1. The van der Waals surface area contributed by atoms with Crippen LogP contribution in [0.25, 0.3) is 0 Å². The summed E-state index contributed by atoms with van der Waals surface area (Å²) in [5.41, 5.74) is 7.20. The van der Waals surface area contributed by atoms with E-state index in [2.05, 4.69) is 39.1 Å². The molecule has 1 aromatic heterocycles. The Morgan fingerprint density at radius 1 is 1.00 bits per heavy atom. The Morgan fingerprint density at radius 3 is 2.34 bits per heavy atom. The first-order valence-electron chi connectivity index (χ1n) is 10.5. The van der Waals surface area contributed by atoms with Gasteiger partial charge in [-0.15, -0.1) is 0 Å². The molecule has 0 spiro atoms. The van der Waals surface area contributed by atoms with Gasteiger partial charge in [0.25, 0.3) is 0 Å². The molecule has 8 heteroatoms. The van der Waals surface area contributed by atoms with E-state index in [1.165, 1.54) is 12.0 Å². The van der Waals surface area contributed by atoms with Crippen molar-refractivity contribution in [3.05, 3.63) is 46.0 Å². The Balaban J connectivity index is 1.52. The minimum atomic E-state index is -0.444. The quantitative estimate of drug-likeness (QED) is 0.610. The third kappa shape index (κ3) is 4.41. The molecule has 29 heavy (non-hydrogen) atoms. The fourth-order valence-electron chi connectivity index (χ4n) is 4.38. The highest BCUT2D eigenvalue weighted by atomic mass is 16.6. The zero-order valence-electron chi connectivity index (χ0n) is 16.7. The number of nitrogens with zero attached hydrogens (tertiary/aromatic N) is 5. The van der Waals surface area contributed by atoms with E-state index >= 15 is 0 Å². The van der Waals surface area contributed by atoms with Gasteiger partial charge < -0.3 is 15.5 Å². The van der Waals surface area contributed by atoms with E-state index in [0.29, 0.717) is 17.7 Å². The largest absolute Gasteiger partial charge is 0.378 e.